The van der Waals surface area contributed by atoms with E-state index in [1.165, 1.54) is 6.08 Å². The molecule has 1 aromatic rings. The van der Waals surface area contributed by atoms with Crippen LogP contribution in [0.15, 0.2) is 36.2 Å². The molecular formula is C11H10N2O2. The second-order valence-electron chi connectivity index (χ2n) is 3.57. The molecule has 2 aliphatic heterocycles. The molecule has 4 nitrogen and oxygen atoms in total. The highest BCUT2D eigenvalue weighted by atomic mass is 16.5. The Balaban J connectivity index is 2.17. The SMILES string of the molecule is CN1C2=CC(=O)OCN2c2ccccc21. The monoisotopic (exact) mass is 202 g/mol. The molecule has 2 heterocycles. The van der Waals surface area contributed by atoms with E-state index in [9.17, 15) is 4.79 Å². The summed E-state index contributed by atoms with van der Waals surface area (Å²) in [5.74, 6) is 0.605. The minimum absolute atomic E-state index is 0.277. The van der Waals surface area contributed by atoms with E-state index >= 15 is 0 Å². The molecule has 0 unspecified atom stereocenters. The number of anilines is 2. The van der Waals surface area contributed by atoms with E-state index in [0.29, 0.717) is 6.73 Å². The van der Waals surface area contributed by atoms with Gasteiger partial charge in [0.1, 0.15) is 5.82 Å². The van der Waals surface area contributed by atoms with Gasteiger partial charge in [-0.3, -0.25) is 4.90 Å². The second kappa shape index (κ2) is 2.76. The summed E-state index contributed by atoms with van der Waals surface area (Å²) in [7, 11) is 1.95. The van der Waals surface area contributed by atoms with Crippen molar-refractivity contribution in [2.45, 2.75) is 0 Å². The Hall–Kier alpha value is -1.97. The lowest BCUT2D eigenvalue weighted by Crippen LogP contribution is -2.33. The zero-order chi connectivity index (χ0) is 10.4. The number of para-hydroxylation sites is 2. The molecule has 0 aliphatic carbocycles. The van der Waals surface area contributed by atoms with Crippen LogP contribution in [0.1, 0.15) is 0 Å². The van der Waals surface area contributed by atoms with Crippen molar-refractivity contribution in [3.63, 3.8) is 0 Å². The predicted octanol–water partition coefficient (Wildman–Crippen LogP) is 1.30. The van der Waals surface area contributed by atoms with E-state index in [-0.39, 0.29) is 5.97 Å². The number of benzene rings is 1. The van der Waals surface area contributed by atoms with E-state index in [1.807, 2.05) is 41.1 Å². The Morgan fingerprint density at radius 1 is 1.27 bits per heavy atom. The first kappa shape index (κ1) is 8.35. The van der Waals surface area contributed by atoms with Crippen molar-refractivity contribution in [3.05, 3.63) is 36.2 Å². The van der Waals surface area contributed by atoms with Crippen LogP contribution in [-0.4, -0.2) is 19.7 Å². The van der Waals surface area contributed by atoms with E-state index in [1.54, 1.807) is 0 Å². The van der Waals surface area contributed by atoms with Gasteiger partial charge in [-0.2, -0.15) is 0 Å². The van der Waals surface area contributed by atoms with Crippen molar-refractivity contribution in [1.82, 2.24) is 0 Å². The van der Waals surface area contributed by atoms with Crippen LogP contribution in [-0.2, 0) is 9.53 Å². The van der Waals surface area contributed by atoms with Crippen molar-refractivity contribution < 1.29 is 9.53 Å². The molecule has 0 bridgehead atoms. The van der Waals surface area contributed by atoms with Gasteiger partial charge in [0.25, 0.3) is 0 Å². The Bertz CT molecular complexity index is 467. The van der Waals surface area contributed by atoms with Crippen LogP contribution in [0.5, 0.6) is 0 Å². The summed E-state index contributed by atoms with van der Waals surface area (Å²) >= 11 is 0. The number of nitrogens with zero attached hydrogens (tertiary/aromatic N) is 2. The average molecular weight is 202 g/mol. The molecule has 4 heteroatoms. The first-order valence-corrected chi connectivity index (χ1v) is 4.76. The number of fused-ring (bicyclic) bond motifs is 3. The maximum atomic E-state index is 11.2. The fourth-order valence-corrected chi connectivity index (χ4v) is 1.99. The summed E-state index contributed by atoms with van der Waals surface area (Å²) in [4.78, 5) is 15.1. The van der Waals surface area contributed by atoms with E-state index < -0.39 is 0 Å². The van der Waals surface area contributed by atoms with Gasteiger partial charge in [0, 0.05) is 7.05 Å². The third kappa shape index (κ3) is 1.05. The fourth-order valence-electron chi connectivity index (χ4n) is 1.99. The number of carbonyl (C=O) groups excluding carboxylic acids is 1. The predicted molar refractivity (Wildman–Crippen MR) is 56.4 cm³/mol. The number of ether oxygens (including phenoxy) is 1. The molecule has 0 saturated carbocycles. The van der Waals surface area contributed by atoms with Gasteiger partial charge in [0.05, 0.1) is 17.5 Å². The van der Waals surface area contributed by atoms with Crippen LogP contribution in [0.3, 0.4) is 0 Å². The molecule has 0 radical (unpaired) electrons. The molecule has 0 fully saturated rings. The summed E-state index contributed by atoms with van der Waals surface area (Å²) in [6.45, 7) is 0.298. The fraction of sp³-hybridized carbons (Fsp3) is 0.182. The van der Waals surface area contributed by atoms with E-state index in [4.69, 9.17) is 4.74 Å². The minimum Gasteiger partial charge on any atom is -0.441 e. The van der Waals surface area contributed by atoms with Gasteiger partial charge >= 0.3 is 5.97 Å². The zero-order valence-electron chi connectivity index (χ0n) is 8.30. The molecule has 0 spiro atoms. The zero-order valence-corrected chi connectivity index (χ0v) is 8.30. The first-order chi connectivity index (χ1) is 7.27. The molecular weight excluding hydrogens is 192 g/mol. The third-order valence-electron chi connectivity index (χ3n) is 2.74. The molecule has 0 atom stereocenters. The molecule has 0 amide bonds. The smallest absolute Gasteiger partial charge is 0.336 e. The van der Waals surface area contributed by atoms with Crippen LogP contribution in [0, 0.1) is 0 Å². The number of hydrogen-bond donors (Lipinski definition) is 0. The minimum atomic E-state index is -0.277. The average Bonchev–Trinajstić information content (AvgIpc) is 2.54. The van der Waals surface area contributed by atoms with Crippen LogP contribution < -0.4 is 9.80 Å². The number of rotatable bonds is 0. The maximum absolute atomic E-state index is 11.2. The number of carbonyl (C=O) groups is 1. The summed E-state index contributed by atoms with van der Waals surface area (Å²) in [6.07, 6.45) is 1.52. The number of hydrogen-bond acceptors (Lipinski definition) is 4. The van der Waals surface area contributed by atoms with Crippen molar-refractivity contribution >= 4 is 17.3 Å². The second-order valence-corrected chi connectivity index (χ2v) is 3.57. The lowest BCUT2D eigenvalue weighted by Gasteiger charge is -2.25. The normalized spacial score (nSPS) is 18.2. The Morgan fingerprint density at radius 2 is 2.00 bits per heavy atom. The highest BCUT2D eigenvalue weighted by Gasteiger charge is 2.32. The van der Waals surface area contributed by atoms with Gasteiger partial charge in [0.15, 0.2) is 6.73 Å². The van der Waals surface area contributed by atoms with Gasteiger partial charge in [-0.25, -0.2) is 4.79 Å². The summed E-state index contributed by atoms with van der Waals surface area (Å²) in [5, 5.41) is 0. The first-order valence-electron chi connectivity index (χ1n) is 4.76. The lowest BCUT2D eigenvalue weighted by molar-refractivity contribution is -0.138. The molecule has 2 aliphatic rings. The maximum Gasteiger partial charge on any atom is 0.336 e. The van der Waals surface area contributed by atoms with Gasteiger partial charge in [-0.1, -0.05) is 12.1 Å². The molecule has 0 aromatic heterocycles. The quantitative estimate of drug-likeness (QED) is 0.594. The van der Waals surface area contributed by atoms with Gasteiger partial charge in [0.2, 0.25) is 0 Å². The number of esters is 1. The van der Waals surface area contributed by atoms with E-state index in [2.05, 4.69) is 0 Å². The molecule has 1 aromatic carbocycles. The van der Waals surface area contributed by atoms with Gasteiger partial charge in [-0.05, 0) is 12.1 Å². The third-order valence-corrected chi connectivity index (χ3v) is 2.74. The van der Waals surface area contributed by atoms with E-state index in [0.717, 1.165) is 17.2 Å². The van der Waals surface area contributed by atoms with Crippen LogP contribution in [0.25, 0.3) is 0 Å². The molecule has 76 valence electrons. The van der Waals surface area contributed by atoms with Crippen LogP contribution in [0.4, 0.5) is 11.4 Å². The summed E-state index contributed by atoms with van der Waals surface area (Å²) < 4.78 is 4.98. The molecule has 15 heavy (non-hydrogen) atoms. The molecule has 3 rings (SSSR count). The van der Waals surface area contributed by atoms with Gasteiger partial charge < -0.3 is 9.64 Å². The summed E-state index contributed by atoms with van der Waals surface area (Å²) in [5.41, 5.74) is 2.18. The molecule has 0 saturated heterocycles. The highest BCUT2D eigenvalue weighted by Crippen LogP contribution is 2.40. The van der Waals surface area contributed by atoms with Crippen LogP contribution in [0.2, 0.25) is 0 Å². The highest BCUT2D eigenvalue weighted by molar-refractivity contribution is 5.91. The lowest BCUT2D eigenvalue weighted by atomic mass is 10.2. The van der Waals surface area contributed by atoms with Crippen molar-refractivity contribution in [2.75, 3.05) is 23.6 Å². The summed E-state index contributed by atoms with van der Waals surface area (Å²) in [6, 6.07) is 8.01. The Morgan fingerprint density at radius 3 is 2.80 bits per heavy atom. The largest absolute Gasteiger partial charge is 0.441 e. The Labute approximate surface area is 87.3 Å². The van der Waals surface area contributed by atoms with Crippen LogP contribution >= 0.6 is 0 Å². The molecule has 0 N–H and O–H groups in total. The standard InChI is InChI=1S/C11H10N2O2/c1-12-8-4-2-3-5-9(8)13-7-15-11(14)6-10(12)13/h2-6H,7H2,1H3. The van der Waals surface area contributed by atoms with Gasteiger partial charge in [-0.15, -0.1) is 0 Å². The number of cyclic esters (lactones) is 1. The topological polar surface area (TPSA) is 32.8 Å². The van der Waals surface area contributed by atoms with Crippen molar-refractivity contribution in [3.8, 4) is 0 Å². The van der Waals surface area contributed by atoms with Crippen molar-refractivity contribution in [1.29, 1.82) is 0 Å². The Kier molecular flexibility index (Phi) is 1.54. The van der Waals surface area contributed by atoms with Crippen molar-refractivity contribution in [2.24, 2.45) is 0 Å².